The Morgan fingerprint density at radius 3 is 2.62 bits per heavy atom. The van der Waals surface area contributed by atoms with Crippen molar-refractivity contribution in [2.75, 3.05) is 0 Å². The average Bonchev–Trinajstić information content (AvgIpc) is 2.21. The maximum atomic E-state index is 12.9. The third kappa shape index (κ3) is 2.59. The summed E-state index contributed by atoms with van der Waals surface area (Å²) in [6.07, 6.45) is 3.70. The van der Waals surface area contributed by atoms with Gasteiger partial charge in [0.05, 0.1) is 12.7 Å². The highest BCUT2D eigenvalue weighted by atomic mass is 19.2. The molecule has 0 aliphatic heterocycles. The highest BCUT2D eigenvalue weighted by Gasteiger charge is 2.28. The van der Waals surface area contributed by atoms with E-state index in [0.29, 0.717) is 18.3 Å². The van der Waals surface area contributed by atoms with Gasteiger partial charge in [0.15, 0.2) is 11.6 Å². The zero-order valence-electron chi connectivity index (χ0n) is 9.38. The molecule has 88 valence electrons. The van der Waals surface area contributed by atoms with Crippen molar-refractivity contribution in [3.05, 3.63) is 35.4 Å². The normalized spacial score (nSPS) is 24.2. The maximum absolute atomic E-state index is 12.9. The summed E-state index contributed by atoms with van der Waals surface area (Å²) in [6.45, 7) is 2.55. The number of benzene rings is 1. The largest absolute Gasteiger partial charge is 0.374 e. The summed E-state index contributed by atoms with van der Waals surface area (Å²) in [5.74, 6) is -0.825. The van der Waals surface area contributed by atoms with E-state index in [1.54, 1.807) is 6.07 Å². The lowest BCUT2D eigenvalue weighted by atomic mass is 9.80. The van der Waals surface area contributed by atoms with E-state index in [1.807, 2.05) is 0 Å². The first-order valence-corrected chi connectivity index (χ1v) is 5.74. The van der Waals surface area contributed by atoms with E-state index in [1.165, 1.54) is 12.5 Å². The standard InChI is InChI=1S/C13H16F2O/c1-2-9-5-11(6-9)16-8-10-3-4-12(14)13(15)7-10/h3-4,7,9,11H,2,5-6,8H2,1H3. The second-order valence-electron chi connectivity index (χ2n) is 4.43. The van der Waals surface area contributed by atoms with Gasteiger partial charge in [-0.15, -0.1) is 0 Å². The average molecular weight is 226 g/mol. The molecular weight excluding hydrogens is 210 g/mol. The van der Waals surface area contributed by atoms with Gasteiger partial charge >= 0.3 is 0 Å². The van der Waals surface area contributed by atoms with E-state index >= 15 is 0 Å². The smallest absolute Gasteiger partial charge is 0.159 e. The summed E-state index contributed by atoms with van der Waals surface area (Å²) >= 11 is 0. The van der Waals surface area contributed by atoms with Gasteiger partial charge in [-0.2, -0.15) is 0 Å². The quantitative estimate of drug-likeness (QED) is 0.761. The fourth-order valence-corrected chi connectivity index (χ4v) is 1.99. The highest BCUT2D eigenvalue weighted by Crippen LogP contribution is 2.32. The van der Waals surface area contributed by atoms with Gasteiger partial charge in [-0.25, -0.2) is 8.78 Å². The number of ether oxygens (including phenoxy) is 1. The second kappa shape index (κ2) is 4.91. The Bertz CT molecular complexity index is 359. The predicted molar refractivity (Wildman–Crippen MR) is 58.0 cm³/mol. The van der Waals surface area contributed by atoms with Crippen molar-refractivity contribution in [3.8, 4) is 0 Å². The van der Waals surface area contributed by atoms with Crippen molar-refractivity contribution in [1.82, 2.24) is 0 Å². The molecular formula is C13H16F2O. The first-order valence-electron chi connectivity index (χ1n) is 5.74. The van der Waals surface area contributed by atoms with E-state index in [4.69, 9.17) is 4.74 Å². The lowest BCUT2D eigenvalue weighted by Gasteiger charge is -2.34. The highest BCUT2D eigenvalue weighted by molar-refractivity contribution is 5.16. The Labute approximate surface area is 94.4 Å². The lowest BCUT2D eigenvalue weighted by Crippen LogP contribution is -2.30. The Balaban J connectivity index is 1.80. The number of hydrogen-bond donors (Lipinski definition) is 0. The van der Waals surface area contributed by atoms with Gasteiger partial charge in [-0.1, -0.05) is 19.4 Å². The van der Waals surface area contributed by atoms with Crippen LogP contribution in [0.1, 0.15) is 31.7 Å². The molecule has 1 aliphatic rings. The molecule has 1 saturated carbocycles. The van der Waals surface area contributed by atoms with Crippen LogP contribution in [0.25, 0.3) is 0 Å². The van der Waals surface area contributed by atoms with Crippen molar-refractivity contribution in [2.24, 2.45) is 5.92 Å². The van der Waals surface area contributed by atoms with E-state index in [-0.39, 0.29) is 0 Å². The van der Waals surface area contributed by atoms with E-state index in [9.17, 15) is 8.78 Å². The Kier molecular flexibility index (Phi) is 3.54. The van der Waals surface area contributed by atoms with Gasteiger partial charge in [0, 0.05) is 0 Å². The van der Waals surface area contributed by atoms with Crippen LogP contribution in [-0.2, 0) is 11.3 Å². The van der Waals surface area contributed by atoms with Gasteiger partial charge in [0.1, 0.15) is 0 Å². The van der Waals surface area contributed by atoms with Crippen LogP contribution in [0, 0.1) is 17.6 Å². The van der Waals surface area contributed by atoms with Gasteiger partial charge in [0.25, 0.3) is 0 Å². The van der Waals surface area contributed by atoms with Crippen LogP contribution in [0.3, 0.4) is 0 Å². The first-order chi connectivity index (χ1) is 7.69. The zero-order valence-corrected chi connectivity index (χ0v) is 9.38. The molecule has 0 heterocycles. The third-order valence-electron chi connectivity index (χ3n) is 3.24. The Morgan fingerprint density at radius 2 is 2.00 bits per heavy atom. The Morgan fingerprint density at radius 1 is 1.25 bits per heavy atom. The van der Waals surface area contributed by atoms with Gasteiger partial charge < -0.3 is 4.74 Å². The minimum Gasteiger partial charge on any atom is -0.374 e. The molecule has 1 aromatic rings. The van der Waals surface area contributed by atoms with Crippen molar-refractivity contribution in [2.45, 2.75) is 38.9 Å². The molecule has 0 spiro atoms. The molecule has 16 heavy (non-hydrogen) atoms. The van der Waals surface area contributed by atoms with Crippen molar-refractivity contribution < 1.29 is 13.5 Å². The SMILES string of the molecule is CCC1CC(OCc2ccc(F)c(F)c2)C1. The number of hydrogen-bond acceptors (Lipinski definition) is 1. The predicted octanol–water partition coefficient (Wildman–Crippen LogP) is 3.67. The number of halogens is 2. The second-order valence-corrected chi connectivity index (χ2v) is 4.43. The van der Waals surface area contributed by atoms with E-state index in [2.05, 4.69) is 6.92 Å². The third-order valence-corrected chi connectivity index (χ3v) is 3.24. The van der Waals surface area contributed by atoms with Gasteiger partial charge in [0.2, 0.25) is 0 Å². The molecule has 0 saturated heterocycles. The molecule has 1 nitrogen and oxygen atoms in total. The summed E-state index contributed by atoms with van der Waals surface area (Å²) in [7, 11) is 0. The molecule has 0 unspecified atom stereocenters. The molecule has 1 aromatic carbocycles. The molecule has 0 N–H and O–H groups in total. The van der Waals surface area contributed by atoms with Crippen molar-refractivity contribution in [1.29, 1.82) is 0 Å². The van der Waals surface area contributed by atoms with Crippen LogP contribution in [-0.4, -0.2) is 6.10 Å². The summed E-state index contributed by atoms with van der Waals surface area (Å²) in [4.78, 5) is 0. The molecule has 0 radical (unpaired) electrons. The fraction of sp³-hybridized carbons (Fsp3) is 0.538. The van der Waals surface area contributed by atoms with Gasteiger partial charge in [-0.3, -0.25) is 0 Å². The van der Waals surface area contributed by atoms with Gasteiger partial charge in [-0.05, 0) is 36.5 Å². The first kappa shape index (κ1) is 11.5. The van der Waals surface area contributed by atoms with E-state index in [0.717, 1.165) is 24.8 Å². The summed E-state index contributed by atoms with van der Waals surface area (Å²) in [6, 6.07) is 3.91. The molecule has 2 rings (SSSR count). The van der Waals surface area contributed by atoms with E-state index < -0.39 is 11.6 Å². The molecule has 0 bridgehead atoms. The maximum Gasteiger partial charge on any atom is 0.159 e. The van der Waals surface area contributed by atoms with Crippen LogP contribution < -0.4 is 0 Å². The number of rotatable bonds is 4. The van der Waals surface area contributed by atoms with Crippen LogP contribution in [0.2, 0.25) is 0 Å². The molecule has 0 aromatic heterocycles. The molecule has 1 aliphatic carbocycles. The topological polar surface area (TPSA) is 9.23 Å². The van der Waals surface area contributed by atoms with Crippen LogP contribution in [0.4, 0.5) is 8.78 Å². The van der Waals surface area contributed by atoms with Crippen LogP contribution in [0.15, 0.2) is 18.2 Å². The zero-order chi connectivity index (χ0) is 11.5. The fourth-order valence-electron chi connectivity index (χ4n) is 1.99. The minimum absolute atomic E-state index is 0.304. The monoisotopic (exact) mass is 226 g/mol. The summed E-state index contributed by atoms with van der Waals surface area (Å²) in [5, 5.41) is 0. The summed E-state index contributed by atoms with van der Waals surface area (Å²) < 4.78 is 31.1. The molecule has 0 atom stereocenters. The minimum atomic E-state index is -0.807. The van der Waals surface area contributed by atoms with Crippen LogP contribution >= 0.6 is 0 Å². The lowest BCUT2D eigenvalue weighted by molar-refractivity contribution is -0.0409. The summed E-state index contributed by atoms with van der Waals surface area (Å²) in [5.41, 5.74) is 0.693. The molecule has 3 heteroatoms. The van der Waals surface area contributed by atoms with Crippen LogP contribution in [0.5, 0.6) is 0 Å². The molecule has 0 amide bonds. The molecule has 1 fully saturated rings. The Hall–Kier alpha value is -0.960. The van der Waals surface area contributed by atoms with Crippen molar-refractivity contribution in [3.63, 3.8) is 0 Å². The van der Waals surface area contributed by atoms with Crippen molar-refractivity contribution >= 4 is 0 Å².